The molecule has 3 heterocycles. The van der Waals surface area contributed by atoms with Crippen molar-refractivity contribution in [1.82, 2.24) is 14.5 Å². The number of aromatic nitrogens is 3. The summed E-state index contributed by atoms with van der Waals surface area (Å²) in [5, 5.41) is 5.70. The van der Waals surface area contributed by atoms with Crippen LogP contribution in [0, 0.1) is 0 Å². The number of rotatable bonds is 4. The van der Waals surface area contributed by atoms with Gasteiger partial charge in [-0.2, -0.15) is 0 Å². The fraction of sp³-hybridized carbons (Fsp3) is 0. The topological polar surface area (TPSA) is 47.1 Å². The maximum atomic E-state index is 6.36. The molecule has 3 aromatic heterocycles. The monoisotopic (exact) mass is 552 g/mol. The van der Waals surface area contributed by atoms with E-state index in [1.807, 2.05) is 24.3 Å². The summed E-state index contributed by atoms with van der Waals surface area (Å²) >= 11 is 0. The maximum Gasteiger partial charge on any atom is 0.197 e. The van der Waals surface area contributed by atoms with E-state index in [9.17, 15) is 0 Å². The quantitative estimate of drug-likeness (QED) is 0.218. The number of hydrogen-bond donors (Lipinski definition) is 0. The molecule has 9 rings (SSSR count). The lowest BCUT2D eigenvalue weighted by Gasteiger charge is -2.26. The molecule has 0 aliphatic rings. The van der Waals surface area contributed by atoms with Crippen LogP contribution in [0.3, 0.4) is 0 Å². The van der Waals surface area contributed by atoms with E-state index < -0.39 is 0 Å². The molecule has 9 aromatic rings. The lowest BCUT2D eigenvalue weighted by atomic mass is 10.1. The predicted molar refractivity (Wildman–Crippen MR) is 176 cm³/mol. The summed E-state index contributed by atoms with van der Waals surface area (Å²) in [6.45, 7) is 0. The Kier molecular flexibility index (Phi) is 5.13. The second-order valence-electron chi connectivity index (χ2n) is 10.7. The summed E-state index contributed by atoms with van der Waals surface area (Å²) < 4.78 is 8.56. The molecule has 5 nitrogen and oxygen atoms in total. The lowest BCUT2D eigenvalue weighted by molar-refractivity contribution is 0.662. The zero-order chi connectivity index (χ0) is 28.3. The molecule has 202 valence electrons. The van der Waals surface area contributed by atoms with Gasteiger partial charge >= 0.3 is 0 Å². The molecule has 0 amide bonds. The number of benzene rings is 6. The molecule has 43 heavy (non-hydrogen) atoms. The molecule has 0 aliphatic heterocycles. The van der Waals surface area contributed by atoms with Crippen LogP contribution < -0.4 is 4.90 Å². The molecule has 0 spiro atoms. The molecule has 6 aromatic carbocycles. The van der Waals surface area contributed by atoms with E-state index in [0.29, 0.717) is 5.58 Å². The molecule has 0 unspecified atom stereocenters. The van der Waals surface area contributed by atoms with Crippen molar-refractivity contribution in [2.45, 2.75) is 0 Å². The molecule has 0 N–H and O–H groups in total. The Morgan fingerprint density at radius 1 is 0.512 bits per heavy atom. The summed E-state index contributed by atoms with van der Waals surface area (Å²) in [4.78, 5) is 11.7. The number of para-hydroxylation sites is 3. The highest BCUT2D eigenvalue weighted by molar-refractivity contribution is 6.12. The number of hydrogen-bond acceptors (Lipinski definition) is 4. The first-order valence-electron chi connectivity index (χ1n) is 14.3. The van der Waals surface area contributed by atoms with Gasteiger partial charge in [-0.25, -0.2) is 9.97 Å². The van der Waals surface area contributed by atoms with Crippen molar-refractivity contribution in [1.29, 1.82) is 0 Å². The second kappa shape index (κ2) is 9.29. The van der Waals surface area contributed by atoms with Gasteiger partial charge in [0.1, 0.15) is 17.4 Å². The molecule has 0 atom stereocenters. The van der Waals surface area contributed by atoms with Crippen molar-refractivity contribution in [3.8, 4) is 5.82 Å². The largest absolute Gasteiger partial charge is 0.450 e. The Morgan fingerprint density at radius 2 is 1.21 bits per heavy atom. The van der Waals surface area contributed by atoms with Crippen molar-refractivity contribution in [3.05, 3.63) is 146 Å². The number of anilines is 3. The molecule has 0 bridgehead atoms. The zero-order valence-corrected chi connectivity index (χ0v) is 23.1. The van der Waals surface area contributed by atoms with Crippen LogP contribution in [0.4, 0.5) is 17.1 Å². The first kappa shape index (κ1) is 23.7. The Balaban J connectivity index is 1.30. The predicted octanol–water partition coefficient (Wildman–Crippen LogP) is 10.1. The van der Waals surface area contributed by atoms with Crippen LogP contribution in [0.2, 0.25) is 0 Å². The minimum atomic E-state index is 0.678. The van der Waals surface area contributed by atoms with E-state index >= 15 is 0 Å². The van der Waals surface area contributed by atoms with Crippen LogP contribution in [-0.4, -0.2) is 14.5 Å². The summed E-state index contributed by atoms with van der Waals surface area (Å²) in [5.74, 6) is 0.731. The normalized spacial score (nSPS) is 11.7. The van der Waals surface area contributed by atoms with Crippen LogP contribution in [0.5, 0.6) is 0 Å². The Labute approximate surface area is 246 Å². The van der Waals surface area contributed by atoms with Gasteiger partial charge in [0.05, 0.1) is 11.0 Å². The lowest BCUT2D eigenvalue weighted by Crippen LogP contribution is -2.09. The molecular weight excluding hydrogens is 528 g/mol. The smallest absolute Gasteiger partial charge is 0.197 e. The highest BCUT2D eigenvalue weighted by Gasteiger charge is 2.21. The molecule has 0 fully saturated rings. The number of fused-ring (bicyclic) bond motifs is 7. The van der Waals surface area contributed by atoms with E-state index in [1.165, 1.54) is 10.8 Å². The maximum absolute atomic E-state index is 6.36. The molecule has 0 saturated carbocycles. The standard InChI is InChI=1S/C38H24N4O/c1-2-12-27(13-3-1)41(28-19-18-25-10-4-5-11-26(25)22-28)29-20-21-34-32(23-29)30-14-6-8-16-33(30)42(34)38-37-36(39-24-40-38)31-15-7-9-17-35(31)43-37/h1-24H. The number of furan rings is 1. The first-order chi connectivity index (χ1) is 21.3. The highest BCUT2D eigenvalue weighted by Crippen LogP contribution is 2.41. The summed E-state index contributed by atoms with van der Waals surface area (Å²) in [6.07, 6.45) is 1.63. The van der Waals surface area contributed by atoms with Gasteiger partial charge in [-0.15, -0.1) is 0 Å². The average Bonchev–Trinajstić information content (AvgIpc) is 3.61. The fourth-order valence-corrected chi connectivity index (χ4v) is 6.34. The summed E-state index contributed by atoms with van der Waals surface area (Å²) in [5.41, 5.74) is 7.69. The van der Waals surface area contributed by atoms with Crippen LogP contribution >= 0.6 is 0 Å². The SMILES string of the molecule is c1ccc(N(c2ccc3ccccc3c2)c2ccc3c(c2)c2ccccc2n3-c2ncnc3c2oc2ccccc23)cc1. The second-order valence-corrected chi connectivity index (χ2v) is 10.7. The van der Waals surface area contributed by atoms with Crippen molar-refractivity contribution in [2.24, 2.45) is 0 Å². The van der Waals surface area contributed by atoms with Gasteiger partial charge in [-0.05, 0) is 71.4 Å². The van der Waals surface area contributed by atoms with Gasteiger partial charge in [0.25, 0.3) is 0 Å². The fourth-order valence-electron chi connectivity index (χ4n) is 6.34. The van der Waals surface area contributed by atoms with Gasteiger partial charge < -0.3 is 9.32 Å². The Hall–Kier alpha value is -5.94. The van der Waals surface area contributed by atoms with Crippen molar-refractivity contribution in [2.75, 3.05) is 4.90 Å². The first-order valence-corrected chi connectivity index (χ1v) is 14.3. The Bertz CT molecular complexity index is 2470. The average molecular weight is 553 g/mol. The van der Waals surface area contributed by atoms with Gasteiger partial charge in [0.2, 0.25) is 0 Å². The van der Waals surface area contributed by atoms with Crippen LogP contribution in [0.1, 0.15) is 0 Å². The third-order valence-corrected chi connectivity index (χ3v) is 8.27. The van der Waals surface area contributed by atoms with E-state index in [2.05, 4.69) is 130 Å². The highest BCUT2D eigenvalue weighted by atomic mass is 16.3. The van der Waals surface area contributed by atoms with Crippen LogP contribution in [0.15, 0.2) is 150 Å². The van der Waals surface area contributed by atoms with E-state index in [1.54, 1.807) is 6.33 Å². The third kappa shape index (κ3) is 3.65. The Morgan fingerprint density at radius 3 is 2.12 bits per heavy atom. The van der Waals surface area contributed by atoms with Gasteiger partial charge in [-0.3, -0.25) is 4.57 Å². The molecule has 0 radical (unpaired) electrons. The molecular formula is C38H24N4O. The van der Waals surface area contributed by atoms with Crippen LogP contribution in [-0.2, 0) is 0 Å². The van der Waals surface area contributed by atoms with Crippen LogP contribution in [0.25, 0.3) is 60.5 Å². The van der Waals surface area contributed by atoms with Gasteiger partial charge in [-0.1, -0.05) is 78.9 Å². The van der Waals surface area contributed by atoms with Gasteiger partial charge in [0.15, 0.2) is 11.4 Å². The van der Waals surface area contributed by atoms with Gasteiger partial charge in [0, 0.05) is 33.2 Å². The minimum Gasteiger partial charge on any atom is -0.450 e. The van der Waals surface area contributed by atoms with Crippen molar-refractivity contribution >= 4 is 71.7 Å². The van der Waals surface area contributed by atoms with E-state index in [-0.39, 0.29) is 0 Å². The molecule has 0 aliphatic carbocycles. The zero-order valence-electron chi connectivity index (χ0n) is 23.1. The molecule has 5 heteroatoms. The minimum absolute atomic E-state index is 0.678. The van der Waals surface area contributed by atoms with E-state index in [0.717, 1.165) is 61.2 Å². The summed E-state index contributed by atoms with van der Waals surface area (Å²) in [6, 6.07) is 48.8. The van der Waals surface area contributed by atoms with E-state index in [4.69, 9.17) is 9.40 Å². The third-order valence-electron chi connectivity index (χ3n) is 8.27. The molecule has 0 saturated heterocycles. The summed E-state index contributed by atoms with van der Waals surface area (Å²) in [7, 11) is 0. The van der Waals surface area contributed by atoms with Crippen molar-refractivity contribution in [3.63, 3.8) is 0 Å². The number of nitrogens with zero attached hydrogens (tertiary/aromatic N) is 4. The van der Waals surface area contributed by atoms with Crippen molar-refractivity contribution < 1.29 is 4.42 Å².